The monoisotopic (exact) mass is 440 g/mol. The summed E-state index contributed by atoms with van der Waals surface area (Å²) in [6.45, 7) is 3.31. The fourth-order valence-electron chi connectivity index (χ4n) is 2.86. The molecular formula is C18H16BrF3N4O. The van der Waals surface area contributed by atoms with Gasteiger partial charge in [-0.05, 0) is 35.8 Å². The van der Waals surface area contributed by atoms with Gasteiger partial charge < -0.3 is 5.32 Å². The summed E-state index contributed by atoms with van der Waals surface area (Å²) in [5.74, 6) is -0.157. The zero-order chi connectivity index (χ0) is 19.9. The summed E-state index contributed by atoms with van der Waals surface area (Å²) < 4.78 is 42.1. The first-order valence-corrected chi connectivity index (χ1v) is 8.87. The van der Waals surface area contributed by atoms with Gasteiger partial charge in [-0.3, -0.25) is 9.36 Å². The van der Waals surface area contributed by atoms with Crippen molar-refractivity contribution in [3.05, 3.63) is 61.9 Å². The fourth-order valence-corrected chi connectivity index (χ4v) is 3.36. The Kier molecular flexibility index (Phi) is 5.23. The summed E-state index contributed by atoms with van der Waals surface area (Å²) >= 11 is 3.21. The minimum atomic E-state index is -2.90. The number of aromatic nitrogens is 3. The molecule has 1 unspecified atom stereocenters. The summed E-state index contributed by atoms with van der Waals surface area (Å²) in [6, 6.07) is 4.84. The summed E-state index contributed by atoms with van der Waals surface area (Å²) in [5.41, 5.74) is -0.390. The van der Waals surface area contributed by atoms with Crippen molar-refractivity contribution in [1.82, 2.24) is 14.5 Å². The van der Waals surface area contributed by atoms with E-state index in [1.54, 1.807) is 27.0 Å². The molecule has 3 rings (SSSR count). The molecule has 3 aromatic rings. The van der Waals surface area contributed by atoms with E-state index in [-0.39, 0.29) is 11.1 Å². The fraction of sp³-hybridized carbons (Fsp3) is 0.278. The molecule has 0 saturated heterocycles. The van der Waals surface area contributed by atoms with E-state index in [0.29, 0.717) is 27.1 Å². The summed E-state index contributed by atoms with van der Waals surface area (Å²) in [4.78, 5) is 20.7. The van der Waals surface area contributed by atoms with Crippen molar-refractivity contribution in [1.29, 1.82) is 0 Å². The minimum absolute atomic E-state index is 0.0982. The third-order valence-corrected chi connectivity index (χ3v) is 4.82. The number of fused-ring (bicyclic) bond motifs is 1. The highest BCUT2D eigenvalue weighted by atomic mass is 79.9. The zero-order valence-corrected chi connectivity index (χ0v) is 16.3. The lowest BCUT2D eigenvalue weighted by Crippen LogP contribution is -2.20. The van der Waals surface area contributed by atoms with Gasteiger partial charge in [0.2, 0.25) is 0 Å². The van der Waals surface area contributed by atoms with Crippen molar-refractivity contribution in [3.63, 3.8) is 0 Å². The number of halogens is 4. The Morgan fingerprint density at radius 2 is 1.89 bits per heavy atom. The Balaban J connectivity index is 2.10. The van der Waals surface area contributed by atoms with Crippen LogP contribution in [0.5, 0.6) is 0 Å². The van der Waals surface area contributed by atoms with Crippen LogP contribution in [-0.4, -0.2) is 14.5 Å². The largest absolute Gasteiger partial charge is 0.363 e. The molecule has 0 aliphatic carbocycles. The summed E-state index contributed by atoms with van der Waals surface area (Å²) in [7, 11) is 1.58. The van der Waals surface area contributed by atoms with Gasteiger partial charge in [0.1, 0.15) is 23.1 Å². The van der Waals surface area contributed by atoms with Crippen LogP contribution in [0.2, 0.25) is 0 Å². The predicted molar refractivity (Wildman–Crippen MR) is 101 cm³/mol. The molecule has 0 spiro atoms. The normalized spacial score (nSPS) is 12.6. The van der Waals surface area contributed by atoms with Gasteiger partial charge in [-0.25, -0.2) is 23.1 Å². The van der Waals surface area contributed by atoms with Gasteiger partial charge in [-0.2, -0.15) is 0 Å². The number of rotatable bonds is 4. The first kappa shape index (κ1) is 19.3. The maximum absolute atomic E-state index is 14.4. The molecular weight excluding hydrogens is 425 g/mol. The van der Waals surface area contributed by atoms with Gasteiger partial charge in [0, 0.05) is 12.6 Å². The van der Waals surface area contributed by atoms with Gasteiger partial charge in [-0.1, -0.05) is 18.2 Å². The molecule has 2 heterocycles. The molecule has 1 aromatic carbocycles. The lowest BCUT2D eigenvalue weighted by atomic mass is 10.0. The molecule has 27 heavy (non-hydrogen) atoms. The lowest BCUT2D eigenvalue weighted by Gasteiger charge is -2.19. The van der Waals surface area contributed by atoms with E-state index in [1.165, 1.54) is 16.7 Å². The Hall–Kier alpha value is -2.42. The van der Waals surface area contributed by atoms with Crippen molar-refractivity contribution in [2.24, 2.45) is 7.05 Å². The molecule has 0 aliphatic rings. The van der Waals surface area contributed by atoms with Crippen molar-refractivity contribution in [2.75, 3.05) is 5.32 Å². The van der Waals surface area contributed by atoms with Crippen LogP contribution in [0, 0.1) is 12.7 Å². The molecule has 0 saturated carbocycles. The van der Waals surface area contributed by atoms with E-state index in [2.05, 4.69) is 31.2 Å². The van der Waals surface area contributed by atoms with Crippen LogP contribution in [0.3, 0.4) is 0 Å². The van der Waals surface area contributed by atoms with Crippen molar-refractivity contribution < 1.29 is 13.2 Å². The van der Waals surface area contributed by atoms with E-state index in [0.717, 1.165) is 6.07 Å². The highest BCUT2D eigenvalue weighted by Gasteiger charge is 2.21. The van der Waals surface area contributed by atoms with Gasteiger partial charge in [0.25, 0.3) is 12.0 Å². The third kappa shape index (κ3) is 3.55. The second-order valence-electron chi connectivity index (χ2n) is 6.13. The maximum atomic E-state index is 14.4. The first-order chi connectivity index (χ1) is 12.7. The molecule has 9 heteroatoms. The summed E-state index contributed by atoms with van der Waals surface area (Å²) in [6.07, 6.45) is -2.90. The van der Waals surface area contributed by atoms with E-state index < -0.39 is 23.8 Å². The second kappa shape index (κ2) is 7.30. The Bertz CT molecular complexity index is 1080. The highest BCUT2D eigenvalue weighted by Crippen LogP contribution is 2.30. The van der Waals surface area contributed by atoms with Crippen LogP contribution in [0.15, 0.2) is 33.5 Å². The Morgan fingerprint density at radius 1 is 1.22 bits per heavy atom. The number of alkyl halides is 2. The van der Waals surface area contributed by atoms with E-state index in [9.17, 15) is 18.0 Å². The van der Waals surface area contributed by atoms with E-state index >= 15 is 0 Å². The number of hydrogen-bond acceptors (Lipinski definition) is 4. The van der Waals surface area contributed by atoms with Crippen LogP contribution in [0.4, 0.5) is 19.0 Å². The Morgan fingerprint density at radius 3 is 2.56 bits per heavy atom. The molecule has 0 fully saturated rings. The average Bonchev–Trinajstić information content (AvgIpc) is 2.60. The molecule has 2 aromatic heterocycles. The molecule has 1 N–H and O–H groups in total. The molecule has 0 aliphatic heterocycles. The van der Waals surface area contributed by atoms with Crippen LogP contribution in [0.1, 0.15) is 36.3 Å². The second-order valence-corrected chi connectivity index (χ2v) is 6.98. The van der Waals surface area contributed by atoms with E-state index in [1.807, 2.05) is 0 Å². The smallest absolute Gasteiger partial charge is 0.266 e. The lowest BCUT2D eigenvalue weighted by molar-refractivity contribution is 0.146. The van der Waals surface area contributed by atoms with Crippen LogP contribution in [0.25, 0.3) is 11.0 Å². The van der Waals surface area contributed by atoms with E-state index in [4.69, 9.17) is 0 Å². The number of pyridine rings is 1. The Labute approximate surface area is 161 Å². The molecule has 0 amide bonds. The average molecular weight is 441 g/mol. The number of aryl methyl sites for hydroxylation is 2. The van der Waals surface area contributed by atoms with Gasteiger partial charge in [0.05, 0.1) is 21.5 Å². The molecule has 0 radical (unpaired) electrons. The maximum Gasteiger partial charge on any atom is 0.266 e. The number of anilines is 1. The minimum Gasteiger partial charge on any atom is -0.363 e. The zero-order valence-electron chi connectivity index (χ0n) is 14.7. The number of benzene rings is 1. The van der Waals surface area contributed by atoms with Crippen molar-refractivity contribution in [2.45, 2.75) is 26.3 Å². The van der Waals surface area contributed by atoms with Crippen LogP contribution in [-0.2, 0) is 7.05 Å². The molecule has 142 valence electrons. The van der Waals surface area contributed by atoms with Gasteiger partial charge >= 0.3 is 0 Å². The molecule has 0 bridgehead atoms. The topological polar surface area (TPSA) is 59.8 Å². The van der Waals surface area contributed by atoms with Crippen LogP contribution < -0.4 is 10.9 Å². The standard InChI is InChI=1S/C18H16BrF3N4O/c1-8(10-5-4-6-11(14(10)20)15(21)22)23-16-12-7-13(19)18(27)26(3)17(12)25-9(2)24-16/h4-8,15H,1-3H3,(H,23,24,25). The molecule has 1 atom stereocenters. The van der Waals surface area contributed by atoms with Crippen molar-refractivity contribution >= 4 is 32.8 Å². The number of nitrogens with zero attached hydrogens (tertiary/aromatic N) is 3. The van der Waals surface area contributed by atoms with Gasteiger partial charge in [-0.15, -0.1) is 0 Å². The first-order valence-electron chi connectivity index (χ1n) is 8.07. The highest BCUT2D eigenvalue weighted by molar-refractivity contribution is 9.10. The summed E-state index contributed by atoms with van der Waals surface area (Å²) in [5, 5.41) is 3.60. The van der Waals surface area contributed by atoms with Crippen LogP contribution >= 0.6 is 15.9 Å². The SMILES string of the molecule is Cc1nc(NC(C)c2cccc(C(F)F)c2F)c2cc(Br)c(=O)n(C)c2n1. The quantitative estimate of drug-likeness (QED) is 0.641. The molecule has 5 nitrogen and oxygen atoms in total. The van der Waals surface area contributed by atoms with Crippen molar-refractivity contribution in [3.8, 4) is 0 Å². The number of hydrogen-bond donors (Lipinski definition) is 1. The van der Waals surface area contributed by atoms with Gasteiger partial charge in [0.15, 0.2) is 0 Å². The third-order valence-electron chi connectivity index (χ3n) is 4.25. The number of nitrogens with one attached hydrogen (secondary N) is 1. The predicted octanol–water partition coefficient (Wildman–Crippen LogP) is 4.65.